The molecule has 0 saturated carbocycles. The van der Waals surface area contributed by atoms with Gasteiger partial charge in [0, 0.05) is 40.2 Å². The smallest absolute Gasteiger partial charge is 0.164 e. The van der Waals surface area contributed by atoms with Crippen LogP contribution in [0.4, 0.5) is 0 Å². The summed E-state index contributed by atoms with van der Waals surface area (Å²) >= 11 is 0. The van der Waals surface area contributed by atoms with E-state index in [1.807, 2.05) is 84.9 Å². The van der Waals surface area contributed by atoms with E-state index in [9.17, 15) is 5.26 Å². The molecule has 1 aliphatic carbocycles. The van der Waals surface area contributed by atoms with Crippen LogP contribution in [0.3, 0.4) is 0 Å². The monoisotopic (exact) mass is 764 g/mol. The van der Waals surface area contributed by atoms with Crippen LogP contribution in [0.5, 0.6) is 0 Å². The van der Waals surface area contributed by atoms with Gasteiger partial charge in [-0.1, -0.05) is 146 Å². The molecule has 0 unspecified atom stereocenters. The molecule has 278 valence electrons. The third-order valence-corrected chi connectivity index (χ3v) is 11.3. The number of nitriles is 1. The molecule has 0 atom stereocenters. The third kappa shape index (κ3) is 6.10. The van der Waals surface area contributed by atoms with Crippen LogP contribution in [0.1, 0.15) is 5.56 Å². The van der Waals surface area contributed by atoms with Crippen molar-refractivity contribution in [1.29, 1.82) is 5.26 Å². The first-order valence-electron chi connectivity index (χ1n) is 19.8. The van der Waals surface area contributed by atoms with Crippen molar-refractivity contribution in [2.75, 3.05) is 0 Å². The lowest BCUT2D eigenvalue weighted by Crippen LogP contribution is -2.00. The maximum Gasteiger partial charge on any atom is 0.164 e. The zero-order valence-electron chi connectivity index (χ0n) is 32.2. The van der Waals surface area contributed by atoms with Gasteiger partial charge in [0.05, 0.1) is 23.0 Å². The number of fused-ring (bicyclic) bond motifs is 3. The van der Waals surface area contributed by atoms with E-state index in [2.05, 4.69) is 113 Å². The lowest BCUT2D eigenvalue weighted by atomic mass is 9.88. The number of pyridine rings is 2. The number of rotatable bonds is 7. The zero-order valence-corrected chi connectivity index (χ0v) is 32.2. The Morgan fingerprint density at radius 1 is 0.300 bits per heavy atom. The number of aromatic nitrogens is 5. The number of nitrogens with zero attached hydrogens (tertiary/aromatic N) is 6. The molecule has 0 bridgehead atoms. The maximum atomic E-state index is 9.53. The van der Waals surface area contributed by atoms with Crippen molar-refractivity contribution >= 4 is 10.8 Å². The van der Waals surface area contributed by atoms with E-state index in [4.69, 9.17) is 15.0 Å². The zero-order chi connectivity index (χ0) is 40.0. The highest BCUT2D eigenvalue weighted by molar-refractivity contribution is 6.22. The normalized spacial score (nSPS) is 11.3. The summed E-state index contributed by atoms with van der Waals surface area (Å²) in [5, 5.41) is 12.0. The molecule has 3 aromatic heterocycles. The van der Waals surface area contributed by atoms with Gasteiger partial charge in [0.25, 0.3) is 0 Å². The molecule has 6 nitrogen and oxygen atoms in total. The minimum absolute atomic E-state index is 0.582. The van der Waals surface area contributed by atoms with E-state index < -0.39 is 0 Å². The summed E-state index contributed by atoms with van der Waals surface area (Å²) in [6, 6.07) is 64.5. The van der Waals surface area contributed by atoms with Gasteiger partial charge < -0.3 is 0 Å². The van der Waals surface area contributed by atoms with Crippen LogP contribution < -0.4 is 0 Å². The van der Waals surface area contributed by atoms with E-state index >= 15 is 0 Å². The molecule has 0 radical (unpaired) electrons. The molecule has 3 heterocycles. The van der Waals surface area contributed by atoms with Crippen LogP contribution in [-0.2, 0) is 0 Å². The van der Waals surface area contributed by atoms with Crippen LogP contribution in [0.15, 0.2) is 194 Å². The van der Waals surface area contributed by atoms with E-state index in [1.54, 1.807) is 12.4 Å². The van der Waals surface area contributed by atoms with Gasteiger partial charge in [-0.15, -0.1) is 0 Å². The topological polar surface area (TPSA) is 88.2 Å². The van der Waals surface area contributed by atoms with Crippen molar-refractivity contribution in [3.05, 3.63) is 200 Å². The molecule has 1 aliphatic rings. The van der Waals surface area contributed by atoms with Gasteiger partial charge in [-0.3, -0.25) is 9.97 Å². The Hall–Kier alpha value is -8.40. The summed E-state index contributed by atoms with van der Waals surface area (Å²) < 4.78 is 0. The Bertz CT molecular complexity index is 3130. The number of hydrogen-bond donors (Lipinski definition) is 0. The van der Waals surface area contributed by atoms with Gasteiger partial charge in [-0.25, -0.2) is 15.0 Å². The number of benzene rings is 7. The summed E-state index contributed by atoms with van der Waals surface area (Å²) in [5.41, 5.74) is 16.5. The fraction of sp³-hybridized carbons (Fsp3) is 0. The molecular formula is C54H32N6. The Morgan fingerprint density at radius 2 is 0.650 bits per heavy atom. The lowest BCUT2D eigenvalue weighted by molar-refractivity contribution is 1.07. The summed E-state index contributed by atoms with van der Waals surface area (Å²) in [4.78, 5) is 24.2. The Labute approximate surface area is 346 Å². The second kappa shape index (κ2) is 14.5. The predicted octanol–water partition coefficient (Wildman–Crippen LogP) is 13.0. The molecule has 0 N–H and O–H groups in total. The van der Waals surface area contributed by atoms with E-state index in [-0.39, 0.29) is 0 Å². The minimum Gasteiger partial charge on any atom is -0.256 e. The van der Waals surface area contributed by atoms with Crippen LogP contribution in [0.25, 0.3) is 112 Å². The summed E-state index contributed by atoms with van der Waals surface area (Å²) in [6.45, 7) is 0. The quantitative estimate of drug-likeness (QED) is 0.161. The summed E-state index contributed by atoms with van der Waals surface area (Å²) in [5.74, 6) is 1.75. The average Bonchev–Trinajstić information content (AvgIpc) is 3.66. The Morgan fingerprint density at radius 3 is 1.05 bits per heavy atom. The van der Waals surface area contributed by atoms with Gasteiger partial charge in [0.2, 0.25) is 0 Å². The molecule has 0 spiro atoms. The standard InChI is InChI=1S/C54H32N6/c55-33-34-11-13-35(14-12-34)42-27-29-46-44-7-1-2-8-45(44)47-30-28-43(50(42)51(46)47)36-15-21-39(22-16-36)52-58-53(40-23-17-37(18-24-40)48-9-3-5-31-56-48)60-54(59-52)41-25-19-38(20-26-41)49-10-4-6-32-57-49/h1-32H. The van der Waals surface area contributed by atoms with Crippen LogP contribution in [0.2, 0.25) is 0 Å². The first kappa shape index (κ1) is 34.8. The highest BCUT2D eigenvalue weighted by atomic mass is 15.0. The average molecular weight is 765 g/mol. The summed E-state index contributed by atoms with van der Waals surface area (Å²) in [6.07, 6.45) is 3.60. The fourth-order valence-corrected chi connectivity index (χ4v) is 8.31. The van der Waals surface area contributed by atoms with E-state index in [1.165, 1.54) is 33.0 Å². The molecule has 7 aromatic carbocycles. The van der Waals surface area contributed by atoms with Crippen molar-refractivity contribution in [2.45, 2.75) is 0 Å². The van der Waals surface area contributed by atoms with E-state index in [0.29, 0.717) is 23.0 Å². The Kier molecular flexibility index (Phi) is 8.42. The van der Waals surface area contributed by atoms with Crippen molar-refractivity contribution in [3.8, 4) is 107 Å². The van der Waals surface area contributed by atoms with Crippen molar-refractivity contribution < 1.29 is 0 Å². The molecule has 6 heteroatoms. The highest BCUT2D eigenvalue weighted by Crippen LogP contribution is 2.52. The van der Waals surface area contributed by atoms with Gasteiger partial charge in [-0.05, 0) is 91.7 Å². The molecule has 11 rings (SSSR count). The molecular weight excluding hydrogens is 733 g/mol. The van der Waals surface area contributed by atoms with Crippen molar-refractivity contribution in [3.63, 3.8) is 0 Å². The minimum atomic E-state index is 0.582. The van der Waals surface area contributed by atoms with Crippen molar-refractivity contribution in [2.24, 2.45) is 0 Å². The first-order chi connectivity index (χ1) is 29.7. The van der Waals surface area contributed by atoms with Gasteiger partial charge >= 0.3 is 0 Å². The second-order valence-corrected chi connectivity index (χ2v) is 14.8. The van der Waals surface area contributed by atoms with Gasteiger partial charge in [0.1, 0.15) is 0 Å². The van der Waals surface area contributed by atoms with E-state index in [0.717, 1.165) is 61.5 Å². The fourth-order valence-electron chi connectivity index (χ4n) is 8.31. The molecule has 60 heavy (non-hydrogen) atoms. The molecule has 0 aliphatic heterocycles. The maximum absolute atomic E-state index is 9.53. The predicted molar refractivity (Wildman–Crippen MR) is 240 cm³/mol. The third-order valence-electron chi connectivity index (χ3n) is 11.3. The molecule has 0 saturated heterocycles. The second-order valence-electron chi connectivity index (χ2n) is 14.8. The lowest BCUT2D eigenvalue weighted by Gasteiger charge is -2.15. The molecule has 0 fully saturated rings. The highest BCUT2D eigenvalue weighted by Gasteiger charge is 2.25. The summed E-state index contributed by atoms with van der Waals surface area (Å²) in [7, 11) is 0. The first-order valence-corrected chi connectivity index (χ1v) is 19.8. The van der Waals surface area contributed by atoms with Crippen LogP contribution >= 0.6 is 0 Å². The van der Waals surface area contributed by atoms with Crippen molar-refractivity contribution in [1.82, 2.24) is 24.9 Å². The molecule has 0 amide bonds. The molecule has 10 aromatic rings. The Balaban J connectivity index is 1.02. The van der Waals surface area contributed by atoms with Gasteiger partial charge in [-0.2, -0.15) is 5.26 Å². The van der Waals surface area contributed by atoms with Gasteiger partial charge in [0.15, 0.2) is 17.5 Å². The largest absolute Gasteiger partial charge is 0.256 e. The van der Waals surface area contributed by atoms with Crippen LogP contribution in [-0.4, -0.2) is 24.9 Å². The number of hydrogen-bond acceptors (Lipinski definition) is 6. The SMILES string of the molecule is N#Cc1ccc(-c2ccc3c4c(ccc(-c5ccc(-c6nc(-c7ccc(-c8ccccn8)cc7)nc(-c7ccc(-c8ccccn8)cc7)n6)cc5)c24)-c2ccccc2-3)cc1. The van der Waals surface area contributed by atoms with Crippen LogP contribution in [0, 0.1) is 11.3 Å².